The van der Waals surface area contributed by atoms with E-state index in [0.717, 1.165) is 17.5 Å². The van der Waals surface area contributed by atoms with E-state index < -0.39 is 5.41 Å². The van der Waals surface area contributed by atoms with Crippen molar-refractivity contribution >= 4 is 5.91 Å². The highest BCUT2D eigenvalue weighted by atomic mass is 19.1. The van der Waals surface area contributed by atoms with Gasteiger partial charge in [-0.2, -0.15) is 5.26 Å². The maximum Gasteiger partial charge on any atom is 0.237 e. The van der Waals surface area contributed by atoms with E-state index >= 15 is 0 Å². The monoisotopic (exact) mass is 465 g/mol. The predicted molar refractivity (Wildman–Crippen MR) is 137 cm³/mol. The van der Waals surface area contributed by atoms with Gasteiger partial charge in [-0.25, -0.2) is 4.39 Å². The van der Waals surface area contributed by atoms with Gasteiger partial charge in [0.15, 0.2) is 0 Å². The molecule has 0 bridgehead atoms. The fraction of sp³-hybridized carbons (Fsp3) is 0.517. The first-order valence-electron chi connectivity index (χ1n) is 12.3. The molecule has 34 heavy (non-hydrogen) atoms. The number of amides is 1. The summed E-state index contributed by atoms with van der Waals surface area (Å²) in [6.07, 6.45) is 2.08. The fourth-order valence-electron chi connectivity index (χ4n) is 4.56. The summed E-state index contributed by atoms with van der Waals surface area (Å²) in [5.74, 6) is -0.0216. The number of hydrogen-bond donors (Lipinski definition) is 2. The summed E-state index contributed by atoms with van der Waals surface area (Å²) in [5.41, 5.74) is 1.14. The van der Waals surface area contributed by atoms with Gasteiger partial charge in [0.1, 0.15) is 5.82 Å². The van der Waals surface area contributed by atoms with Crippen LogP contribution in [0, 0.1) is 29.0 Å². The molecule has 0 aliphatic carbocycles. The number of nitrogens with zero attached hydrogens (tertiary/aromatic N) is 1. The van der Waals surface area contributed by atoms with Crippen LogP contribution in [-0.2, 0) is 16.6 Å². The van der Waals surface area contributed by atoms with Crippen LogP contribution in [0.5, 0.6) is 0 Å². The molecular formula is C29H40FN3O. The molecule has 2 aromatic carbocycles. The minimum absolute atomic E-state index is 0.0333. The molecule has 0 heterocycles. The molecule has 1 amide bonds. The van der Waals surface area contributed by atoms with Crippen molar-refractivity contribution < 1.29 is 9.18 Å². The number of nitrogens with one attached hydrogen (secondary N) is 2. The van der Waals surface area contributed by atoms with Crippen molar-refractivity contribution in [2.75, 3.05) is 6.54 Å². The maximum absolute atomic E-state index is 13.2. The van der Waals surface area contributed by atoms with Crippen molar-refractivity contribution in [1.82, 2.24) is 10.6 Å². The molecule has 2 atom stereocenters. The van der Waals surface area contributed by atoms with Crippen molar-refractivity contribution in [2.45, 2.75) is 77.8 Å². The van der Waals surface area contributed by atoms with E-state index in [1.807, 2.05) is 44.2 Å². The lowest BCUT2D eigenvalue weighted by Crippen LogP contribution is -2.56. The Bertz CT molecular complexity index is 948. The van der Waals surface area contributed by atoms with Crippen LogP contribution in [0.15, 0.2) is 54.6 Å². The van der Waals surface area contributed by atoms with Crippen LogP contribution >= 0.6 is 0 Å². The molecular weight excluding hydrogens is 425 g/mol. The topological polar surface area (TPSA) is 64.9 Å². The second-order valence-electron chi connectivity index (χ2n) is 10.6. The normalized spacial score (nSPS) is 14.5. The molecule has 0 aliphatic rings. The number of rotatable bonds is 12. The Morgan fingerprint density at radius 1 is 1.03 bits per heavy atom. The molecule has 5 heteroatoms. The van der Waals surface area contributed by atoms with Gasteiger partial charge in [-0.15, -0.1) is 0 Å². The van der Waals surface area contributed by atoms with Crippen molar-refractivity contribution in [1.29, 1.82) is 5.26 Å². The zero-order chi connectivity index (χ0) is 25.4. The molecule has 2 rings (SSSR count). The lowest BCUT2D eigenvalue weighted by molar-refractivity contribution is -0.124. The van der Waals surface area contributed by atoms with Crippen molar-refractivity contribution in [2.24, 2.45) is 11.8 Å². The molecule has 2 N–H and O–H groups in total. The Morgan fingerprint density at radius 3 is 2.18 bits per heavy atom. The zero-order valence-corrected chi connectivity index (χ0v) is 21.5. The third kappa shape index (κ3) is 7.40. The first-order valence-corrected chi connectivity index (χ1v) is 12.3. The fourth-order valence-corrected chi connectivity index (χ4v) is 4.56. The Morgan fingerprint density at radius 2 is 1.65 bits per heavy atom. The largest absolute Gasteiger partial charge is 0.355 e. The minimum Gasteiger partial charge on any atom is -0.355 e. The van der Waals surface area contributed by atoms with E-state index in [4.69, 9.17) is 0 Å². The van der Waals surface area contributed by atoms with Gasteiger partial charge in [-0.1, -0.05) is 70.2 Å². The molecule has 184 valence electrons. The van der Waals surface area contributed by atoms with Gasteiger partial charge in [-0.3, -0.25) is 4.79 Å². The SMILES string of the molecule is CC(C)[C@H](NC(C)(C)Cc1ccc(F)cc1)C(=O)NCCC[C@@](C#N)(c1ccccc1)C(C)C. The predicted octanol–water partition coefficient (Wildman–Crippen LogP) is 5.77. The van der Waals surface area contributed by atoms with Gasteiger partial charge in [0.2, 0.25) is 5.91 Å². The van der Waals surface area contributed by atoms with Crippen LogP contribution in [0.1, 0.15) is 65.5 Å². The van der Waals surface area contributed by atoms with Crippen LogP contribution in [-0.4, -0.2) is 24.0 Å². The summed E-state index contributed by atoms with van der Waals surface area (Å²) in [6, 6.07) is 18.7. The van der Waals surface area contributed by atoms with E-state index in [1.165, 1.54) is 12.1 Å². The Kier molecular flexibility index (Phi) is 9.82. The highest BCUT2D eigenvalue weighted by molar-refractivity contribution is 5.82. The lowest BCUT2D eigenvalue weighted by atomic mass is 9.70. The van der Waals surface area contributed by atoms with Crippen LogP contribution in [0.3, 0.4) is 0 Å². The van der Waals surface area contributed by atoms with Crippen LogP contribution in [0.2, 0.25) is 0 Å². The van der Waals surface area contributed by atoms with Crippen molar-refractivity contribution in [3.63, 3.8) is 0 Å². The van der Waals surface area contributed by atoms with Gasteiger partial charge in [-0.05, 0) is 68.2 Å². The number of nitriles is 1. The van der Waals surface area contributed by atoms with E-state index in [0.29, 0.717) is 19.4 Å². The summed E-state index contributed by atoms with van der Waals surface area (Å²) in [5, 5.41) is 16.7. The summed E-state index contributed by atoms with van der Waals surface area (Å²) < 4.78 is 13.2. The number of carbonyl (C=O) groups is 1. The summed E-state index contributed by atoms with van der Waals surface area (Å²) in [6.45, 7) is 12.9. The van der Waals surface area contributed by atoms with E-state index in [9.17, 15) is 14.4 Å². The molecule has 0 spiro atoms. The summed E-state index contributed by atoms with van der Waals surface area (Å²) in [7, 11) is 0. The summed E-state index contributed by atoms with van der Waals surface area (Å²) in [4.78, 5) is 13.1. The van der Waals surface area contributed by atoms with E-state index in [2.05, 4.69) is 44.4 Å². The quantitative estimate of drug-likeness (QED) is 0.391. The van der Waals surface area contributed by atoms with Crippen LogP contribution in [0.25, 0.3) is 0 Å². The Labute approximate surface area is 205 Å². The molecule has 0 radical (unpaired) electrons. The first-order chi connectivity index (χ1) is 16.0. The average molecular weight is 466 g/mol. The number of carbonyl (C=O) groups excluding carboxylic acids is 1. The van der Waals surface area contributed by atoms with Gasteiger partial charge >= 0.3 is 0 Å². The zero-order valence-electron chi connectivity index (χ0n) is 21.5. The Hall–Kier alpha value is -2.71. The smallest absolute Gasteiger partial charge is 0.237 e. The first kappa shape index (κ1) is 27.5. The van der Waals surface area contributed by atoms with Crippen LogP contribution < -0.4 is 10.6 Å². The van der Waals surface area contributed by atoms with Crippen molar-refractivity contribution in [3.05, 3.63) is 71.5 Å². The lowest BCUT2D eigenvalue weighted by Gasteiger charge is -2.34. The molecule has 2 aromatic rings. The molecule has 0 saturated heterocycles. The highest BCUT2D eigenvalue weighted by Gasteiger charge is 2.35. The number of halogens is 1. The summed E-state index contributed by atoms with van der Waals surface area (Å²) >= 11 is 0. The highest BCUT2D eigenvalue weighted by Crippen LogP contribution is 2.36. The van der Waals surface area contributed by atoms with Crippen molar-refractivity contribution in [3.8, 4) is 6.07 Å². The van der Waals surface area contributed by atoms with E-state index in [-0.39, 0.29) is 35.1 Å². The molecule has 0 aromatic heterocycles. The number of hydrogen-bond acceptors (Lipinski definition) is 3. The Balaban J connectivity index is 1.97. The van der Waals surface area contributed by atoms with Gasteiger partial charge < -0.3 is 10.6 Å². The minimum atomic E-state index is -0.571. The van der Waals surface area contributed by atoms with Gasteiger partial charge in [0.25, 0.3) is 0 Å². The third-order valence-electron chi connectivity index (χ3n) is 6.58. The standard InChI is InChI=1S/C29H40FN3O/c1-21(2)26(33-28(5,6)19-23-13-15-25(30)16-14-23)27(34)32-18-10-17-29(20-31,22(3)4)24-11-8-7-9-12-24/h7-9,11-16,21-22,26,33H,10,17-19H2,1-6H3,(H,32,34)/t26-,29-/m0/s1. The molecule has 0 unspecified atom stereocenters. The average Bonchev–Trinajstić information content (AvgIpc) is 2.79. The molecule has 0 saturated carbocycles. The molecule has 0 aliphatic heterocycles. The third-order valence-corrected chi connectivity index (χ3v) is 6.58. The van der Waals surface area contributed by atoms with Gasteiger partial charge in [0, 0.05) is 12.1 Å². The second kappa shape index (κ2) is 12.1. The van der Waals surface area contributed by atoms with E-state index in [1.54, 1.807) is 12.1 Å². The van der Waals surface area contributed by atoms with Crippen LogP contribution in [0.4, 0.5) is 4.39 Å². The van der Waals surface area contributed by atoms with Gasteiger partial charge in [0.05, 0.1) is 17.5 Å². The number of benzene rings is 2. The molecule has 0 fully saturated rings. The second-order valence-corrected chi connectivity index (χ2v) is 10.6. The maximum atomic E-state index is 13.2. The molecule has 4 nitrogen and oxygen atoms in total.